The molecule has 1 N–H and O–H groups in total. The molecule has 1 heterocycles. The molecule has 4 heteroatoms. The van der Waals surface area contributed by atoms with Crippen molar-refractivity contribution in [2.75, 3.05) is 11.1 Å². The molecule has 0 aliphatic heterocycles. The molecule has 104 valence electrons. The second kappa shape index (κ2) is 6.57. The van der Waals surface area contributed by atoms with Crippen molar-refractivity contribution in [1.82, 2.24) is 4.98 Å². The zero-order valence-corrected chi connectivity index (χ0v) is 12.8. The van der Waals surface area contributed by atoms with E-state index in [4.69, 9.17) is 0 Å². The van der Waals surface area contributed by atoms with Crippen molar-refractivity contribution in [2.24, 2.45) is 0 Å². The minimum atomic E-state index is -0.0124. The molecule has 0 unspecified atom stereocenters. The van der Waals surface area contributed by atoms with Crippen LogP contribution in [0.4, 0.5) is 5.69 Å². The van der Waals surface area contributed by atoms with Crippen molar-refractivity contribution in [3.05, 3.63) is 53.2 Å². The molecular formula is C16H18N2OS. The SMILES string of the molecule is Cc1cccc(NC(=O)CSc2cc(C)cc(C)n2)c1. The molecule has 20 heavy (non-hydrogen) atoms. The van der Waals surface area contributed by atoms with E-state index < -0.39 is 0 Å². The van der Waals surface area contributed by atoms with Gasteiger partial charge in [0.05, 0.1) is 10.8 Å². The predicted molar refractivity (Wildman–Crippen MR) is 84.2 cm³/mol. The first-order valence-corrected chi connectivity index (χ1v) is 7.46. The molecule has 0 saturated heterocycles. The van der Waals surface area contributed by atoms with E-state index in [1.165, 1.54) is 17.3 Å². The maximum Gasteiger partial charge on any atom is 0.234 e. The van der Waals surface area contributed by atoms with Crippen LogP contribution in [-0.2, 0) is 4.79 Å². The van der Waals surface area contributed by atoms with E-state index in [0.717, 1.165) is 22.0 Å². The predicted octanol–water partition coefficient (Wildman–Crippen LogP) is 3.74. The maximum atomic E-state index is 11.9. The molecule has 0 spiro atoms. The van der Waals surface area contributed by atoms with Gasteiger partial charge in [-0.1, -0.05) is 23.9 Å². The molecule has 0 bridgehead atoms. The number of anilines is 1. The summed E-state index contributed by atoms with van der Waals surface area (Å²) >= 11 is 1.46. The lowest BCUT2D eigenvalue weighted by Crippen LogP contribution is -2.14. The van der Waals surface area contributed by atoms with Crippen LogP contribution in [0.25, 0.3) is 0 Å². The van der Waals surface area contributed by atoms with Crippen LogP contribution in [0.15, 0.2) is 41.4 Å². The third-order valence-corrected chi connectivity index (χ3v) is 3.64. The van der Waals surface area contributed by atoms with Crippen LogP contribution in [0.1, 0.15) is 16.8 Å². The van der Waals surface area contributed by atoms with Gasteiger partial charge < -0.3 is 5.32 Å². The summed E-state index contributed by atoms with van der Waals surface area (Å²) in [7, 11) is 0. The van der Waals surface area contributed by atoms with E-state index >= 15 is 0 Å². The van der Waals surface area contributed by atoms with Gasteiger partial charge in [-0.15, -0.1) is 0 Å². The second-order valence-electron chi connectivity index (χ2n) is 4.83. The van der Waals surface area contributed by atoms with E-state index in [2.05, 4.69) is 10.3 Å². The molecule has 0 fully saturated rings. The molecule has 2 rings (SSSR count). The standard InChI is InChI=1S/C16H18N2OS/c1-11-5-4-6-14(8-11)18-15(19)10-20-16-9-12(2)7-13(3)17-16/h4-9H,10H2,1-3H3,(H,18,19). The Labute approximate surface area is 123 Å². The number of aryl methyl sites for hydroxylation is 3. The zero-order chi connectivity index (χ0) is 14.5. The zero-order valence-electron chi connectivity index (χ0n) is 11.9. The summed E-state index contributed by atoms with van der Waals surface area (Å²) in [6.07, 6.45) is 0. The third kappa shape index (κ3) is 4.38. The Kier molecular flexibility index (Phi) is 4.79. The Balaban J connectivity index is 1.92. The number of benzene rings is 1. The normalized spacial score (nSPS) is 10.3. The summed E-state index contributed by atoms with van der Waals surface area (Å²) in [6.45, 7) is 6.00. The number of pyridine rings is 1. The first-order chi connectivity index (χ1) is 9.52. The Bertz CT molecular complexity index is 605. The summed E-state index contributed by atoms with van der Waals surface area (Å²) < 4.78 is 0. The first-order valence-electron chi connectivity index (χ1n) is 6.47. The van der Waals surface area contributed by atoms with Gasteiger partial charge in [-0.25, -0.2) is 4.98 Å². The van der Waals surface area contributed by atoms with Gasteiger partial charge in [-0.05, 0) is 56.2 Å². The highest BCUT2D eigenvalue weighted by Crippen LogP contribution is 2.18. The number of rotatable bonds is 4. The van der Waals surface area contributed by atoms with Crippen LogP contribution in [0.5, 0.6) is 0 Å². The van der Waals surface area contributed by atoms with Crippen molar-refractivity contribution in [1.29, 1.82) is 0 Å². The lowest BCUT2D eigenvalue weighted by molar-refractivity contribution is -0.113. The van der Waals surface area contributed by atoms with Crippen LogP contribution >= 0.6 is 11.8 Å². The Morgan fingerprint density at radius 1 is 1.15 bits per heavy atom. The lowest BCUT2D eigenvalue weighted by Gasteiger charge is -2.06. The maximum absolute atomic E-state index is 11.9. The van der Waals surface area contributed by atoms with E-state index in [0.29, 0.717) is 5.75 Å². The number of nitrogens with zero attached hydrogens (tertiary/aromatic N) is 1. The van der Waals surface area contributed by atoms with Gasteiger partial charge >= 0.3 is 0 Å². The lowest BCUT2D eigenvalue weighted by atomic mass is 10.2. The monoisotopic (exact) mass is 286 g/mol. The van der Waals surface area contributed by atoms with E-state index in [1.807, 2.05) is 57.2 Å². The second-order valence-corrected chi connectivity index (χ2v) is 5.83. The third-order valence-electron chi connectivity index (χ3n) is 2.73. The van der Waals surface area contributed by atoms with E-state index in [-0.39, 0.29) is 5.91 Å². The van der Waals surface area contributed by atoms with Gasteiger partial charge in [-0.3, -0.25) is 4.79 Å². The summed E-state index contributed by atoms with van der Waals surface area (Å²) in [5.41, 5.74) is 4.11. The van der Waals surface area contributed by atoms with E-state index in [9.17, 15) is 4.79 Å². The average Bonchev–Trinajstić information content (AvgIpc) is 2.35. The minimum Gasteiger partial charge on any atom is -0.325 e. The van der Waals surface area contributed by atoms with Gasteiger partial charge in [0.2, 0.25) is 5.91 Å². The van der Waals surface area contributed by atoms with Gasteiger partial charge in [0, 0.05) is 11.4 Å². The number of hydrogen-bond donors (Lipinski definition) is 1. The number of thioether (sulfide) groups is 1. The fourth-order valence-corrected chi connectivity index (χ4v) is 2.77. The number of nitrogens with one attached hydrogen (secondary N) is 1. The first kappa shape index (κ1) is 14.6. The van der Waals surface area contributed by atoms with Crippen molar-refractivity contribution in [2.45, 2.75) is 25.8 Å². The number of carbonyl (C=O) groups is 1. The van der Waals surface area contributed by atoms with Gasteiger partial charge in [-0.2, -0.15) is 0 Å². The molecule has 0 aliphatic carbocycles. The number of carbonyl (C=O) groups excluding carboxylic acids is 1. The summed E-state index contributed by atoms with van der Waals surface area (Å²) in [4.78, 5) is 16.3. The Hall–Kier alpha value is -1.81. The minimum absolute atomic E-state index is 0.0124. The van der Waals surface area contributed by atoms with Crippen molar-refractivity contribution < 1.29 is 4.79 Å². The Morgan fingerprint density at radius 2 is 1.95 bits per heavy atom. The molecule has 0 saturated carbocycles. The van der Waals surface area contributed by atoms with Crippen LogP contribution in [0.3, 0.4) is 0 Å². The van der Waals surface area contributed by atoms with Crippen LogP contribution < -0.4 is 5.32 Å². The number of hydrogen-bond acceptors (Lipinski definition) is 3. The highest BCUT2D eigenvalue weighted by Gasteiger charge is 2.05. The molecular weight excluding hydrogens is 268 g/mol. The molecule has 0 aliphatic rings. The largest absolute Gasteiger partial charge is 0.325 e. The van der Waals surface area contributed by atoms with Crippen molar-refractivity contribution in [3.8, 4) is 0 Å². The molecule has 1 aromatic heterocycles. The topological polar surface area (TPSA) is 42.0 Å². The molecule has 2 aromatic rings. The van der Waals surface area contributed by atoms with Crippen molar-refractivity contribution >= 4 is 23.4 Å². The fourth-order valence-electron chi connectivity index (χ4n) is 1.94. The molecule has 0 radical (unpaired) electrons. The van der Waals surface area contributed by atoms with Gasteiger partial charge in [0.15, 0.2) is 0 Å². The summed E-state index contributed by atoms with van der Waals surface area (Å²) in [5, 5.41) is 3.79. The average molecular weight is 286 g/mol. The van der Waals surface area contributed by atoms with Gasteiger partial charge in [0.25, 0.3) is 0 Å². The van der Waals surface area contributed by atoms with Crippen LogP contribution in [0, 0.1) is 20.8 Å². The Morgan fingerprint density at radius 3 is 2.65 bits per heavy atom. The van der Waals surface area contributed by atoms with Crippen molar-refractivity contribution in [3.63, 3.8) is 0 Å². The highest BCUT2D eigenvalue weighted by molar-refractivity contribution is 7.99. The highest BCUT2D eigenvalue weighted by atomic mass is 32.2. The van der Waals surface area contributed by atoms with Crippen LogP contribution in [-0.4, -0.2) is 16.6 Å². The molecule has 0 atom stereocenters. The molecule has 1 aromatic carbocycles. The fraction of sp³-hybridized carbons (Fsp3) is 0.250. The molecule has 3 nitrogen and oxygen atoms in total. The van der Waals surface area contributed by atoms with E-state index in [1.54, 1.807) is 0 Å². The number of amides is 1. The number of aromatic nitrogens is 1. The smallest absolute Gasteiger partial charge is 0.234 e. The van der Waals surface area contributed by atoms with Gasteiger partial charge in [0.1, 0.15) is 0 Å². The van der Waals surface area contributed by atoms with Crippen LogP contribution in [0.2, 0.25) is 0 Å². The molecule has 1 amide bonds. The summed E-state index contributed by atoms with van der Waals surface area (Å²) in [5.74, 6) is 0.352. The summed E-state index contributed by atoms with van der Waals surface area (Å²) in [6, 6.07) is 11.8. The quantitative estimate of drug-likeness (QED) is 0.871.